The summed E-state index contributed by atoms with van der Waals surface area (Å²) in [6.45, 7) is 4.61. The van der Waals surface area contributed by atoms with Gasteiger partial charge in [0.05, 0.1) is 0 Å². The molecule has 0 fully saturated rings. The van der Waals surface area contributed by atoms with Crippen molar-refractivity contribution in [3.05, 3.63) is 53.6 Å². The molecule has 0 radical (unpaired) electrons. The maximum atomic E-state index is 2.42. The van der Waals surface area contributed by atoms with Crippen LogP contribution in [0.25, 0.3) is 0 Å². The first-order chi connectivity index (χ1) is 7.29. The zero-order valence-electron chi connectivity index (χ0n) is 9.14. The third-order valence-corrected chi connectivity index (χ3v) is 6.85. The average molecular weight is 214 g/mol. The Hall–Kier alpha value is -0.870. The molecule has 0 spiro atoms. The van der Waals surface area contributed by atoms with E-state index in [1.165, 1.54) is 0 Å². The summed E-state index contributed by atoms with van der Waals surface area (Å²) in [5.74, 6) is 0. The van der Waals surface area contributed by atoms with Crippen molar-refractivity contribution >= 4 is 13.2 Å². The molecule has 2 atom stereocenters. The van der Waals surface area contributed by atoms with E-state index >= 15 is 0 Å². The molecular weight excluding hydrogens is 199 g/mol. The van der Waals surface area contributed by atoms with Crippen LogP contribution in [-0.2, 0) is 0 Å². The standard InChI is InChI=1S/C14H15P/c1-10-11(2)14-9-8-13(10)15(14)12-6-4-3-5-7-12/h3-9,13-14H,1-2H3. The second-order valence-electron chi connectivity index (χ2n) is 4.38. The van der Waals surface area contributed by atoms with Gasteiger partial charge in [-0.3, -0.25) is 0 Å². The van der Waals surface area contributed by atoms with Crippen LogP contribution in [-0.4, -0.2) is 11.3 Å². The Morgan fingerprint density at radius 1 is 0.867 bits per heavy atom. The zero-order chi connectivity index (χ0) is 10.4. The van der Waals surface area contributed by atoms with E-state index in [-0.39, 0.29) is 7.92 Å². The van der Waals surface area contributed by atoms with Gasteiger partial charge in [-0.2, -0.15) is 0 Å². The Bertz CT molecular complexity index is 420. The van der Waals surface area contributed by atoms with Crippen molar-refractivity contribution in [3.63, 3.8) is 0 Å². The van der Waals surface area contributed by atoms with Crippen LogP contribution >= 0.6 is 7.92 Å². The lowest BCUT2D eigenvalue weighted by molar-refractivity contribution is 1.11. The predicted octanol–water partition coefficient (Wildman–Crippen LogP) is 3.45. The summed E-state index contributed by atoms with van der Waals surface area (Å²) in [5.41, 5.74) is 4.70. The fraction of sp³-hybridized carbons (Fsp3) is 0.286. The molecule has 1 aromatic carbocycles. The number of allylic oxidation sites excluding steroid dienone is 4. The highest BCUT2D eigenvalue weighted by molar-refractivity contribution is 7.68. The third kappa shape index (κ3) is 1.25. The number of fused-ring (bicyclic) bond motifs is 2. The molecule has 1 heteroatoms. The van der Waals surface area contributed by atoms with Crippen molar-refractivity contribution < 1.29 is 0 Å². The lowest BCUT2D eigenvalue weighted by atomic mass is 10.0. The van der Waals surface area contributed by atoms with Gasteiger partial charge in [-0.05, 0) is 19.2 Å². The highest BCUT2D eigenvalue weighted by atomic mass is 31.1. The Kier molecular flexibility index (Phi) is 2.07. The van der Waals surface area contributed by atoms with Gasteiger partial charge in [0.25, 0.3) is 0 Å². The summed E-state index contributed by atoms with van der Waals surface area (Å²) < 4.78 is 0. The molecule has 15 heavy (non-hydrogen) atoms. The molecule has 76 valence electrons. The van der Waals surface area contributed by atoms with Gasteiger partial charge in [-0.25, -0.2) is 0 Å². The average Bonchev–Trinajstić information content (AvgIpc) is 2.79. The van der Waals surface area contributed by atoms with Gasteiger partial charge < -0.3 is 0 Å². The molecule has 2 heterocycles. The minimum Gasteiger partial charge on any atom is -0.0758 e. The van der Waals surface area contributed by atoms with Gasteiger partial charge in [0.2, 0.25) is 0 Å². The number of rotatable bonds is 1. The number of hydrogen-bond donors (Lipinski definition) is 0. The van der Waals surface area contributed by atoms with Crippen molar-refractivity contribution in [1.29, 1.82) is 0 Å². The quantitative estimate of drug-likeness (QED) is 0.496. The molecule has 0 N–H and O–H groups in total. The summed E-state index contributed by atoms with van der Waals surface area (Å²) in [6, 6.07) is 11.0. The molecular formula is C14H15P. The number of hydrogen-bond acceptors (Lipinski definition) is 0. The highest BCUT2D eigenvalue weighted by Gasteiger charge is 2.40. The molecule has 0 saturated carbocycles. The van der Waals surface area contributed by atoms with Gasteiger partial charge in [0, 0.05) is 11.3 Å². The topological polar surface area (TPSA) is 0 Å². The van der Waals surface area contributed by atoms with E-state index in [0.717, 1.165) is 11.3 Å². The minimum absolute atomic E-state index is 0.0154. The first kappa shape index (κ1) is 9.36. The Morgan fingerprint density at radius 3 is 1.93 bits per heavy atom. The van der Waals surface area contributed by atoms with Gasteiger partial charge >= 0.3 is 0 Å². The maximum absolute atomic E-state index is 2.42. The molecule has 0 saturated heterocycles. The fourth-order valence-electron chi connectivity index (χ4n) is 2.66. The van der Waals surface area contributed by atoms with E-state index in [1.54, 1.807) is 16.5 Å². The second kappa shape index (κ2) is 3.32. The molecule has 2 bridgehead atoms. The molecule has 0 aromatic heterocycles. The zero-order valence-corrected chi connectivity index (χ0v) is 10.0. The summed E-state index contributed by atoms with van der Waals surface area (Å²) in [6.07, 6.45) is 4.84. The van der Waals surface area contributed by atoms with Crippen molar-refractivity contribution in [2.75, 3.05) is 0 Å². The minimum atomic E-state index is -0.0154. The van der Waals surface area contributed by atoms with Crippen molar-refractivity contribution in [2.24, 2.45) is 0 Å². The van der Waals surface area contributed by atoms with Gasteiger partial charge in [0.1, 0.15) is 0 Å². The van der Waals surface area contributed by atoms with Crippen LogP contribution in [0.15, 0.2) is 53.6 Å². The highest BCUT2D eigenvalue weighted by Crippen LogP contribution is 2.61. The van der Waals surface area contributed by atoms with E-state index in [4.69, 9.17) is 0 Å². The fourth-order valence-corrected chi connectivity index (χ4v) is 5.98. The van der Waals surface area contributed by atoms with E-state index in [9.17, 15) is 0 Å². The Labute approximate surface area is 92.5 Å². The third-order valence-electron chi connectivity index (χ3n) is 3.64. The maximum Gasteiger partial charge on any atom is 0.0229 e. The monoisotopic (exact) mass is 214 g/mol. The number of benzene rings is 1. The first-order valence-corrected chi connectivity index (χ1v) is 6.96. The van der Waals surface area contributed by atoms with E-state index in [2.05, 4.69) is 56.3 Å². The van der Waals surface area contributed by atoms with Crippen LogP contribution in [0.3, 0.4) is 0 Å². The lowest BCUT2D eigenvalue weighted by Crippen LogP contribution is -2.09. The molecule has 0 nitrogen and oxygen atoms in total. The molecule has 0 aliphatic carbocycles. The molecule has 2 aliphatic rings. The normalized spacial score (nSPS) is 32.8. The Morgan fingerprint density at radius 2 is 1.40 bits per heavy atom. The van der Waals surface area contributed by atoms with E-state index < -0.39 is 0 Å². The van der Waals surface area contributed by atoms with Gasteiger partial charge in [-0.1, -0.05) is 61.6 Å². The molecule has 2 aliphatic heterocycles. The summed E-state index contributed by atoms with van der Waals surface area (Å²) in [4.78, 5) is 0. The van der Waals surface area contributed by atoms with Gasteiger partial charge in [0.15, 0.2) is 0 Å². The van der Waals surface area contributed by atoms with Crippen molar-refractivity contribution in [2.45, 2.75) is 25.2 Å². The molecule has 3 rings (SSSR count). The molecule has 0 amide bonds. The van der Waals surface area contributed by atoms with Crippen LogP contribution in [0, 0.1) is 0 Å². The lowest BCUT2D eigenvalue weighted by Gasteiger charge is -2.18. The van der Waals surface area contributed by atoms with E-state index in [1.807, 2.05) is 0 Å². The Balaban J connectivity index is 2.01. The molecule has 1 aromatic rings. The van der Waals surface area contributed by atoms with Crippen LogP contribution < -0.4 is 5.30 Å². The predicted molar refractivity (Wildman–Crippen MR) is 68.1 cm³/mol. The van der Waals surface area contributed by atoms with Crippen LogP contribution in [0.4, 0.5) is 0 Å². The summed E-state index contributed by atoms with van der Waals surface area (Å²) >= 11 is 0. The van der Waals surface area contributed by atoms with Crippen LogP contribution in [0.5, 0.6) is 0 Å². The van der Waals surface area contributed by atoms with Crippen molar-refractivity contribution in [3.8, 4) is 0 Å². The summed E-state index contributed by atoms with van der Waals surface area (Å²) in [7, 11) is -0.0154. The van der Waals surface area contributed by atoms with Crippen LogP contribution in [0.2, 0.25) is 0 Å². The van der Waals surface area contributed by atoms with Gasteiger partial charge in [-0.15, -0.1) is 0 Å². The van der Waals surface area contributed by atoms with Crippen LogP contribution in [0.1, 0.15) is 13.8 Å². The SMILES string of the molecule is CC1=C(C)C2C=CC1P2c1ccccc1. The molecule has 2 unspecified atom stereocenters. The smallest absolute Gasteiger partial charge is 0.0229 e. The largest absolute Gasteiger partial charge is 0.0758 e. The summed E-state index contributed by atoms with van der Waals surface area (Å²) in [5, 5.41) is 1.56. The van der Waals surface area contributed by atoms with Crippen molar-refractivity contribution in [1.82, 2.24) is 0 Å². The first-order valence-electron chi connectivity index (χ1n) is 5.48. The second-order valence-corrected chi connectivity index (χ2v) is 6.83. The van der Waals surface area contributed by atoms with E-state index in [0.29, 0.717) is 0 Å².